The van der Waals surface area contributed by atoms with Crippen molar-refractivity contribution in [2.24, 2.45) is 0 Å². The number of carbonyl (C=O) groups excluding carboxylic acids is 1. The van der Waals surface area contributed by atoms with E-state index >= 15 is 0 Å². The Balaban J connectivity index is 1.60. The van der Waals surface area contributed by atoms with Gasteiger partial charge in [0.1, 0.15) is 12.4 Å². The van der Waals surface area contributed by atoms with Crippen molar-refractivity contribution in [3.05, 3.63) is 70.0 Å². The second kappa shape index (κ2) is 9.29. The molecule has 2 aromatic carbocycles. The molecular weight excluding hydrogens is 443 g/mol. The Morgan fingerprint density at radius 2 is 2.00 bits per heavy atom. The summed E-state index contributed by atoms with van der Waals surface area (Å²) in [4.78, 5) is 13.5. The number of rotatable bonds is 6. The van der Waals surface area contributed by atoms with Gasteiger partial charge in [-0.15, -0.1) is 10.2 Å². The minimum absolute atomic E-state index is 0.0205. The molecule has 0 N–H and O–H groups in total. The summed E-state index contributed by atoms with van der Waals surface area (Å²) in [6.07, 6.45) is 0.702. The first-order chi connectivity index (χ1) is 14.6. The van der Waals surface area contributed by atoms with Gasteiger partial charge in [-0.1, -0.05) is 72.2 Å². The number of nitrogens with zero attached hydrogens (tertiary/aromatic N) is 4. The zero-order valence-corrected chi connectivity index (χ0v) is 18.6. The average molecular weight is 463 g/mol. The standard InChI is InChI=1S/C21H20Cl2N4O2S/c1-2-16(14-6-4-3-5-7-14)20(28)26-10-11-30-21-25-24-19(27(21)26)13-29-18-12-15(22)8-9-17(18)23/h3-9,12,16H,2,10-11,13H2,1H3. The molecule has 6 nitrogen and oxygen atoms in total. The summed E-state index contributed by atoms with van der Waals surface area (Å²) >= 11 is 13.8. The monoisotopic (exact) mass is 462 g/mol. The number of hydrogen-bond acceptors (Lipinski definition) is 5. The van der Waals surface area contributed by atoms with Gasteiger partial charge in [0.2, 0.25) is 11.1 Å². The lowest BCUT2D eigenvalue weighted by molar-refractivity contribution is -0.121. The summed E-state index contributed by atoms with van der Waals surface area (Å²) in [5.74, 6) is 1.53. The van der Waals surface area contributed by atoms with Crippen LogP contribution in [0.1, 0.15) is 30.7 Å². The maximum absolute atomic E-state index is 13.5. The molecular formula is C21H20Cl2N4O2S. The van der Waals surface area contributed by atoms with Gasteiger partial charge in [0.05, 0.1) is 17.5 Å². The van der Waals surface area contributed by atoms with Crippen LogP contribution < -0.4 is 9.75 Å². The number of ether oxygens (including phenoxy) is 1. The molecule has 30 heavy (non-hydrogen) atoms. The maximum Gasteiger partial charge on any atom is 0.249 e. The van der Waals surface area contributed by atoms with Crippen molar-refractivity contribution in [2.45, 2.75) is 31.0 Å². The minimum atomic E-state index is -0.235. The van der Waals surface area contributed by atoms with E-state index in [4.69, 9.17) is 27.9 Å². The smallest absolute Gasteiger partial charge is 0.249 e. The number of fused-ring (bicyclic) bond motifs is 1. The van der Waals surface area contributed by atoms with Crippen molar-refractivity contribution in [1.82, 2.24) is 14.9 Å². The van der Waals surface area contributed by atoms with Gasteiger partial charge in [-0.25, -0.2) is 9.69 Å². The van der Waals surface area contributed by atoms with Crippen LogP contribution in [0.2, 0.25) is 10.0 Å². The molecule has 0 radical (unpaired) electrons. The Morgan fingerprint density at radius 3 is 2.77 bits per heavy atom. The predicted octanol–water partition coefficient (Wildman–Crippen LogP) is 4.93. The van der Waals surface area contributed by atoms with Crippen LogP contribution >= 0.6 is 35.0 Å². The molecule has 1 atom stereocenters. The molecule has 3 aromatic rings. The number of thioether (sulfide) groups is 1. The summed E-state index contributed by atoms with van der Waals surface area (Å²) in [6, 6.07) is 14.9. The van der Waals surface area contributed by atoms with Gasteiger partial charge in [0.15, 0.2) is 5.82 Å². The predicted molar refractivity (Wildman–Crippen MR) is 119 cm³/mol. The third-order valence-electron chi connectivity index (χ3n) is 4.87. The van der Waals surface area contributed by atoms with E-state index in [1.807, 2.05) is 37.3 Å². The lowest BCUT2D eigenvalue weighted by atomic mass is 9.95. The number of aromatic nitrogens is 3. The maximum atomic E-state index is 13.5. The SMILES string of the molecule is CCC(C(=O)N1CCSc2nnc(COc3cc(Cl)ccc3Cl)n21)c1ccccc1. The van der Waals surface area contributed by atoms with Crippen molar-refractivity contribution in [3.8, 4) is 5.75 Å². The van der Waals surface area contributed by atoms with Crippen LogP contribution in [0, 0.1) is 0 Å². The van der Waals surface area contributed by atoms with Gasteiger partial charge < -0.3 is 4.74 Å². The molecule has 2 heterocycles. The molecule has 156 valence electrons. The van der Waals surface area contributed by atoms with E-state index in [0.717, 1.165) is 11.3 Å². The van der Waals surface area contributed by atoms with E-state index in [-0.39, 0.29) is 18.4 Å². The van der Waals surface area contributed by atoms with E-state index in [0.29, 0.717) is 39.7 Å². The molecule has 1 aliphatic heterocycles. The van der Waals surface area contributed by atoms with E-state index in [1.165, 1.54) is 0 Å². The Kier molecular flexibility index (Phi) is 6.51. The second-order valence-electron chi connectivity index (χ2n) is 6.76. The fourth-order valence-corrected chi connectivity index (χ4v) is 4.60. The highest BCUT2D eigenvalue weighted by Gasteiger charge is 2.32. The molecule has 0 spiro atoms. The summed E-state index contributed by atoms with van der Waals surface area (Å²) < 4.78 is 7.61. The molecule has 0 bridgehead atoms. The quantitative estimate of drug-likeness (QED) is 0.519. The van der Waals surface area contributed by atoms with E-state index in [9.17, 15) is 4.79 Å². The van der Waals surface area contributed by atoms with Gasteiger partial charge >= 0.3 is 0 Å². The number of amides is 1. The lowest BCUT2D eigenvalue weighted by Gasteiger charge is -2.32. The first kappa shape index (κ1) is 21.0. The molecule has 1 unspecified atom stereocenters. The van der Waals surface area contributed by atoms with Crippen molar-refractivity contribution in [2.75, 3.05) is 17.3 Å². The highest BCUT2D eigenvalue weighted by atomic mass is 35.5. The van der Waals surface area contributed by atoms with Crippen molar-refractivity contribution in [3.63, 3.8) is 0 Å². The molecule has 0 saturated heterocycles. The summed E-state index contributed by atoms with van der Waals surface area (Å²) in [5.41, 5.74) is 1.00. The van der Waals surface area contributed by atoms with Gasteiger partial charge in [0, 0.05) is 16.8 Å². The first-order valence-corrected chi connectivity index (χ1v) is 11.3. The van der Waals surface area contributed by atoms with Crippen molar-refractivity contribution in [1.29, 1.82) is 0 Å². The van der Waals surface area contributed by atoms with Crippen LogP contribution in [0.5, 0.6) is 5.75 Å². The highest BCUT2D eigenvalue weighted by molar-refractivity contribution is 7.99. The fourth-order valence-electron chi connectivity index (χ4n) is 3.40. The van der Waals surface area contributed by atoms with Crippen LogP contribution in [-0.4, -0.2) is 33.1 Å². The molecule has 1 amide bonds. The first-order valence-electron chi connectivity index (χ1n) is 9.60. The molecule has 0 fully saturated rings. The van der Waals surface area contributed by atoms with Crippen molar-refractivity contribution >= 4 is 40.9 Å². The second-order valence-corrected chi connectivity index (χ2v) is 8.66. The Morgan fingerprint density at radius 1 is 1.20 bits per heavy atom. The van der Waals surface area contributed by atoms with Crippen LogP contribution in [-0.2, 0) is 11.4 Å². The number of halogens is 2. The van der Waals surface area contributed by atoms with Gasteiger partial charge in [-0.05, 0) is 24.1 Å². The Bertz CT molecular complexity index is 1040. The highest BCUT2D eigenvalue weighted by Crippen LogP contribution is 2.30. The summed E-state index contributed by atoms with van der Waals surface area (Å²) in [5, 5.41) is 11.9. The van der Waals surface area contributed by atoms with E-state index in [2.05, 4.69) is 10.2 Å². The number of hydrogen-bond donors (Lipinski definition) is 0. The van der Waals surface area contributed by atoms with E-state index < -0.39 is 0 Å². The Hall–Kier alpha value is -2.22. The number of benzene rings is 2. The van der Waals surface area contributed by atoms with Gasteiger partial charge in [0.25, 0.3) is 0 Å². The summed E-state index contributed by atoms with van der Waals surface area (Å²) in [7, 11) is 0. The number of carbonyl (C=O) groups is 1. The van der Waals surface area contributed by atoms with Crippen LogP contribution in [0.3, 0.4) is 0 Å². The third kappa shape index (κ3) is 4.29. The van der Waals surface area contributed by atoms with Gasteiger partial charge in [-0.2, -0.15) is 0 Å². The molecule has 0 saturated carbocycles. The largest absolute Gasteiger partial charge is 0.484 e. The molecule has 0 aliphatic carbocycles. The van der Waals surface area contributed by atoms with Crippen LogP contribution in [0.15, 0.2) is 53.7 Å². The normalized spacial score (nSPS) is 14.3. The zero-order chi connectivity index (χ0) is 21.1. The van der Waals surface area contributed by atoms with Crippen molar-refractivity contribution < 1.29 is 9.53 Å². The van der Waals surface area contributed by atoms with E-state index in [1.54, 1.807) is 39.6 Å². The molecule has 1 aliphatic rings. The molecule has 1 aromatic heterocycles. The average Bonchev–Trinajstić information content (AvgIpc) is 3.19. The summed E-state index contributed by atoms with van der Waals surface area (Å²) in [6.45, 7) is 2.70. The lowest BCUT2D eigenvalue weighted by Crippen LogP contribution is -2.48. The molecule has 9 heteroatoms. The Labute approximate surface area is 189 Å². The zero-order valence-electron chi connectivity index (χ0n) is 16.3. The third-order valence-corrected chi connectivity index (χ3v) is 6.31. The molecule has 4 rings (SSSR count). The topological polar surface area (TPSA) is 60.3 Å². The van der Waals surface area contributed by atoms with Crippen LogP contribution in [0.4, 0.5) is 0 Å². The minimum Gasteiger partial charge on any atom is -0.484 e. The fraction of sp³-hybridized carbons (Fsp3) is 0.286. The van der Waals surface area contributed by atoms with Gasteiger partial charge in [-0.3, -0.25) is 4.79 Å². The van der Waals surface area contributed by atoms with Crippen LogP contribution in [0.25, 0.3) is 0 Å².